The first kappa shape index (κ1) is 62.4. The molecule has 0 radical (unpaired) electrons. The van der Waals surface area contributed by atoms with Crippen LogP contribution in [0, 0.1) is 0 Å². The predicted molar refractivity (Wildman–Crippen MR) is 295 cm³/mol. The number of carbonyl (C=O) groups is 2. The molecule has 0 aromatic heterocycles. The molecule has 0 bridgehead atoms. The van der Waals surface area contributed by atoms with Crippen LogP contribution >= 0.6 is 0 Å². The highest BCUT2D eigenvalue weighted by Gasteiger charge is 2.20. The van der Waals surface area contributed by atoms with Crippen LogP contribution in [0.1, 0.15) is 167 Å². The van der Waals surface area contributed by atoms with E-state index in [0.29, 0.717) is 105 Å². The van der Waals surface area contributed by atoms with Gasteiger partial charge in [-0.2, -0.15) is 0 Å². The van der Waals surface area contributed by atoms with Gasteiger partial charge in [0.1, 0.15) is 18.1 Å². The van der Waals surface area contributed by atoms with E-state index in [4.69, 9.17) is 52.4 Å². The average molecular weight is 1030 g/mol. The highest BCUT2D eigenvalue weighted by molar-refractivity contribution is 5.90. The molecule has 0 fully saturated rings. The summed E-state index contributed by atoms with van der Waals surface area (Å²) in [7, 11) is 0. The maximum absolute atomic E-state index is 13.2. The summed E-state index contributed by atoms with van der Waals surface area (Å²) in [6, 6.07) is 13.7. The second kappa shape index (κ2) is 41.4. The Hall–Kier alpha value is -5.92. The van der Waals surface area contributed by atoms with Crippen molar-refractivity contribution in [2.45, 2.75) is 156 Å². The van der Waals surface area contributed by atoms with E-state index in [0.717, 1.165) is 128 Å². The van der Waals surface area contributed by atoms with Gasteiger partial charge in [0.25, 0.3) is 0 Å². The first-order valence-corrected chi connectivity index (χ1v) is 27.5. The molecule has 0 amide bonds. The average Bonchev–Trinajstić information content (AvgIpc) is 3.40. The van der Waals surface area contributed by atoms with Crippen molar-refractivity contribution in [2.75, 3.05) is 59.5 Å². The lowest BCUT2D eigenvalue weighted by molar-refractivity contribution is -0.286. The zero-order valence-corrected chi connectivity index (χ0v) is 45.3. The number of carbonyl (C=O) groups excluding carboxylic acids is 2. The second-order valence-corrected chi connectivity index (χ2v) is 17.8. The molecular weight excluding hydrogens is 941 g/mol. The normalized spacial score (nSPS) is 11.1. The molecule has 0 aliphatic heterocycles. The highest BCUT2D eigenvalue weighted by atomic mass is 17.2. The number of rotatable bonds is 46. The van der Waals surface area contributed by atoms with Crippen LogP contribution in [-0.4, -0.2) is 71.4 Å². The summed E-state index contributed by atoms with van der Waals surface area (Å²) in [5, 5.41) is 0. The summed E-state index contributed by atoms with van der Waals surface area (Å²) in [5.74, 6) is 2.58. The van der Waals surface area contributed by atoms with Crippen molar-refractivity contribution in [1.82, 2.24) is 0 Å². The molecule has 3 rings (SSSR count). The van der Waals surface area contributed by atoms with E-state index in [2.05, 4.69) is 40.9 Å². The van der Waals surface area contributed by atoms with E-state index in [1.165, 1.54) is 18.4 Å². The lowest BCUT2D eigenvalue weighted by Crippen LogP contribution is -2.08. The Morgan fingerprint density at radius 1 is 0.405 bits per heavy atom. The van der Waals surface area contributed by atoms with Gasteiger partial charge in [-0.1, -0.05) is 117 Å². The summed E-state index contributed by atoms with van der Waals surface area (Å²) >= 11 is 0. The zero-order valence-electron chi connectivity index (χ0n) is 45.3. The maximum atomic E-state index is 13.2. The van der Waals surface area contributed by atoms with Gasteiger partial charge in [-0.3, -0.25) is 0 Å². The van der Waals surface area contributed by atoms with Crippen LogP contribution in [0.5, 0.6) is 46.0 Å². The number of ether oxygens (including phenoxy) is 9. The molecule has 0 spiro atoms. The van der Waals surface area contributed by atoms with E-state index in [-0.39, 0.29) is 11.5 Å². The third-order valence-corrected chi connectivity index (χ3v) is 11.4. The molecule has 0 aliphatic carbocycles. The van der Waals surface area contributed by atoms with Crippen LogP contribution in [0.25, 0.3) is 12.2 Å². The molecule has 74 heavy (non-hydrogen) atoms. The van der Waals surface area contributed by atoms with Crippen LogP contribution in [0.2, 0.25) is 0 Å². The zero-order chi connectivity index (χ0) is 53.1. The fourth-order valence-corrected chi connectivity index (χ4v) is 7.34. The molecule has 0 saturated carbocycles. The van der Waals surface area contributed by atoms with Crippen LogP contribution in [-0.2, 0) is 24.1 Å². The third-order valence-electron chi connectivity index (χ3n) is 11.4. The van der Waals surface area contributed by atoms with Gasteiger partial charge in [0.05, 0.1) is 59.1 Å². The first-order valence-electron chi connectivity index (χ1n) is 27.5. The minimum atomic E-state index is -0.601. The molecule has 0 N–H and O–H groups in total. The summed E-state index contributed by atoms with van der Waals surface area (Å²) in [6.07, 6.45) is 28.9. The Morgan fingerprint density at radius 3 is 1.16 bits per heavy atom. The van der Waals surface area contributed by atoms with Crippen LogP contribution < -0.4 is 37.9 Å². The monoisotopic (exact) mass is 1030 g/mol. The van der Waals surface area contributed by atoms with Gasteiger partial charge in [-0.15, -0.1) is 6.58 Å². The summed E-state index contributed by atoms with van der Waals surface area (Å²) < 4.78 is 54.7. The Morgan fingerprint density at radius 2 is 0.770 bits per heavy atom. The molecule has 3 aromatic rings. The van der Waals surface area contributed by atoms with E-state index < -0.39 is 11.9 Å². The quantitative estimate of drug-likeness (QED) is 0.00777. The van der Waals surface area contributed by atoms with Gasteiger partial charge in [0.2, 0.25) is 11.5 Å². The summed E-state index contributed by atoms with van der Waals surface area (Å²) in [6.45, 7) is 20.2. The van der Waals surface area contributed by atoms with Crippen molar-refractivity contribution in [1.29, 1.82) is 0 Å². The van der Waals surface area contributed by atoms with Crippen molar-refractivity contribution in [3.63, 3.8) is 0 Å². The molecule has 0 aliphatic rings. The lowest BCUT2D eigenvalue weighted by Gasteiger charge is -2.19. The van der Waals surface area contributed by atoms with Crippen LogP contribution in [0.4, 0.5) is 0 Å². The summed E-state index contributed by atoms with van der Waals surface area (Å²) in [5.41, 5.74) is 1.31. The largest absolute Gasteiger partial charge is 0.502 e. The maximum Gasteiger partial charge on any atom is 0.336 e. The Kier molecular flexibility index (Phi) is 34.9. The van der Waals surface area contributed by atoms with Crippen molar-refractivity contribution in [3.05, 3.63) is 97.3 Å². The number of unbranched alkanes of at least 4 members (excludes halogenated alkanes) is 14. The number of benzene rings is 3. The molecule has 3 aromatic carbocycles. The fourth-order valence-electron chi connectivity index (χ4n) is 7.34. The van der Waals surface area contributed by atoms with Gasteiger partial charge in [-0.05, 0) is 112 Å². The molecule has 410 valence electrons. The molecule has 0 unspecified atom stereocenters. The first-order chi connectivity index (χ1) is 36.4. The molecule has 0 heterocycles. The summed E-state index contributed by atoms with van der Waals surface area (Å²) in [4.78, 5) is 36.7. The SMILES string of the molecule is C=CCOOCCCCOc1ccc(/C=C/C(=O)Oc2ccc(OC(=O)/C=C/c3ccc(OCCCCOC=C)c(OCCCCCC)c3OCCCCCC)cc2)c(OCCCCCC)c1OCCCCCC. The Bertz CT molecular complexity index is 2040. The molecule has 0 atom stereocenters. The highest BCUT2D eigenvalue weighted by Crippen LogP contribution is 2.43. The predicted octanol–water partition coefficient (Wildman–Crippen LogP) is 15.4. The van der Waals surface area contributed by atoms with Gasteiger partial charge in [0.15, 0.2) is 23.0 Å². The second-order valence-electron chi connectivity index (χ2n) is 17.8. The third kappa shape index (κ3) is 26.9. The minimum absolute atomic E-state index is 0.273. The Labute approximate surface area is 443 Å². The van der Waals surface area contributed by atoms with Crippen LogP contribution in [0.3, 0.4) is 0 Å². The van der Waals surface area contributed by atoms with E-state index >= 15 is 0 Å². The van der Waals surface area contributed by atoms with E-state index in [9.17, 15) is 9.59 Å². The molecule has 13 heteroatoms. The van der Waals surface area contributed by atoms with E-state index in [1.807, 2.05) is 24.3 Å². The van der Waals surface area contributed by atoms with Gasteiger partial charge < -0.3 is 42.6 Å². The number of hydrogen-bond acceptors (Lipinski definition) is 13. The Balaban J connectivity index is 1.76. The van der Waals surface area contributed by atoms with Gasteiger partial charge in [0, 0.05) is 23.3 Å². The van der Waals surface area contributed by atoms with Crippen molar-refractivity contribution >= 4 is 24.1 Å². The number of esters is 2. The lowest BCUT2D eigenvalue weighted by atomic mass is 10.1. The van der Waals surface area contributed by atoms with Crippen LogP contribution in [0.15, 0.2) is 86.2 Å². The van der Waals surface area contributed by atoms with Crippen molar-refractivity contribution in [3.8, 4) is 46.0 Å². The smallest absolute Gasteiger partial charge is 0.336 e. The topological polar surface area (TPSA) is 136 Å². The van der Waals surface area contributed by atoms with E-state index in [1.54, 1.807) is 42.5 Å². The van der Waals surface area contributed by atoms with Gasteiger partial charge >= 0.3 is 11.9 Å². The molecular formula is C61H88O13. The molecule has 13 nitrogen and oxygen atoms in total. The van der Waals surface area contributed by atoms with Crippen molar-refractivity contribution in [2.24, 2.45) is 0 Å². The van der Waals surface area contributed by atoms with Crippen molar-refractivity contribution < 1.29 is 62.0 Å². The standard InChI is InChI=1S/C61H88O13/c1-7-13-17-21-45-67-58-50(29-37-54(65-43-26-25-42-64-12-6)60(58)69-47-23-19-15-9-3)31-39-56(62)73-52-33-35-53(36-34-52)74-57(63)40-32-51-30-38-55(66-44-27-28-49-72-71-41-11-5)61(70-48-24-20-16-10-4)59(51)68-46-22-18-14-8-2/h11-12,29-40H,5-10,13-28,41-49H2,1-4H3/b39-31+,40-32+. The minimum Gasteiger partial charge on any atom is -0.502 e. The molecule has 0 saturated heterocycles. The van der Waals surface area contributed by atoms with Gasteiger partial charge in [-0.25, -0.2) is 19.4 Å². The number of hydrogen-bond donors (Lipinski definition) is 0. The fraction of sp³-hybridized carbons (Fsp3) is 0.541.